The number of rotatable bonds is 5. The second kappa shape index (κ2) is 10.5. The van der Waals surface area contributed by atoms with Crippen LogP contribution in [0, 0.1) is 23.4 Å². The molecule has 3 nitrogen and oxygen atoms in total. The van der Waals surface area contributed by atoms with E-state index in [4.69, 9.17) is 0 Å². The average molecular weight is 535 g/mol. The Balaban J connectivity index is 1.16. The minimum absolute atomic E-state index is 0.0107. The number of carbonyl (C=O) groups is 1. The standard InChI is InChI=1S/C31H29F3N2OS/c32-28-14-23(15-29(33)30(28)34)20-8-11-35(12-9-20)16-24-17-36(18-27(24)22-10-13-38-19-22)31(37)26-7-3-5-21-4-1-2-6-25(21)26/h1-7,10,13-15,19-20,24,27H,8-9,11-12,16-18H2. The molecule has 0 saturated carbocycles. The Morgan fingerprint density at radius 3 is 2.37 bits per heavy atom. The van der Waals surface area contributed by atoms with E-state index in [1.165, 1.54) is 5.56 Å². The highest BCUT2D eigenvalue weighted by Crippen LogP contribution is 2.37. The van der Waals surface area contributed by atoms with Gasteiger partial charge in [0.1, 0.15) is 0 Å². The molecule has 7 heteroatoms. The Labute approximate surface area is 224 Å². The lowest BCUT2D eigenvalue weighted by molar-refractivity contribution is 0.0783. The molecule has 2 saturated heterocycles. The van der Waals surface area contributed by atoms with Gasteiger partial charge >= 0.3 is 0 Å². The number of hydrogen-bond donors (Lipinski definition) is 0. The van der Waals surface area contributed by atoms with Crippen LogP contribution in [0.25, 0.3) is 10.8 Å². The molecule has 6 rings (SSSR count). The third-order valence-electron chi connectivity index (χ3n) is 8.28. The third-order valence-corrected chi connectivity index (χ3v) is 8.98. The van der Waals surface area contributed by atoms with Gasteiger partial charge < -0.3 is 9.80 Å². The van der Waals surface area contributed by atoms with Crippen molar-refractivity contribution in [1.82, 2.24) is 9.80 Å². The summed E-state index contributed by atoms with van der Waals surface area (Å²) < 4.78 is 41.0. The molecule has 196 valence electrons. The number of carbonyl (C=O) groups excluding carboxylic acids is 1. The molecule has 1 amide bonds. The van der Waals surface area contributed by atoms with E-state index in [0.29, 0.717) is 24.6 Å². The Bertz CT molecular complexity index is 1420. The Morgan fingerprint density at radius 1 is 0.895 bits per heavy atom. The molecule has 0 spiro atoms. The lowest BCUT2D eigenvalue weighted by Gasteiger charge is -2.34. The van der Waals surface area contributed by atoms with E-state index in [2.05, 4.69) is 21.7 Å². The van der Waals surface area contributed by atoms with Gasteiger partial charge in [0.2, 0.25) is 0 Å². The van der Waals surface area contributed by atoms with Gasteiger partial charge in [0, 0.05) is 31.1 Å². The molecule has 2 unspecified atom stereocenters. The van der Waals surface area contributed by atoms with Gasteiger partial charge in [0.05, 0.1) is 0 Å². The first kappa shape index (κ1) is 25.1. The number of hydrogen-bond acceptors (Lipinski definition) is 3. The zero-order valence-corrected chi connectivity index (χ0v) is 21.8. The summed E-state index contributed by atoms with van der Waals surface area (Å²) in [6, 6.07) is 18.3. The molecule has 3 heterocycles. The average Bonchev–Trinajstić information content (AvgIpc) is 3.61. The highest BCUT2D eigenvalue weighted by Gasteiger charge is 2.38. The van der Waals surface area contributed by atoms with Crippen molar-refractivity contribution in [2.24, 2.45) is 5.92 Å². The maximum atomic E-state index is 13.8. The molecule has 38 heavy (non-hydrogen) atoms. The summed E-state index contributed by atoms with van der Waals surface area (Å²) in [4.78, 5) is 18.1. The molecule has 1 aromatic heterocycles. The normalized spacial score (nSPS) is 20.9. The van der Waals surface area contributed by atoms with Gasteiger partial charge in [-0.3, -0.25) is 4.79 Å². The van der Waals surface area contributed by atoms with Crippen LogP contribution in [0.1, 0.15) is 46.2 Å². The number of nitrogens with zero attached hydrogens (tertiary/aromatic N) is 2. The Kier molecular flexibility index (Phi) is 6.97. The van der Waals surface area contributed by atoms with Gasteiger partial charge in [-0.05, 0) is 94.7 Å². The van der Waals surface area contributed by atoms with Crippen molar-refractivity contribution < 1.29 is 18.0 Å². The van der Waals surface area contributed by atoms with Gasteiger partial charge in [0.25, 0.3) is 5.91 Å². The van der Waals surface area contributed by atoms with E-state index in [1.807, 2.05) is 47.4 Å². The van der Waals surface area contributed by atoms with Gasteiger partial charge in [-0.25, -0.2) is 13.2 Å². The second-order valence-corrected chi connectivity index (χ2v) is 11.3. The van der Waals surface area contributed by atoms with Crippen molar-refractivity contribution in [3.63, 3.8) is 0 Å². The largest absolute Gasteiger partial charge is 0.338 e. The van der Waals surface area contributed by atoms with Gasteiger partial charge in [-0.15, -0.1) is 0 Å². The maximum absolute atomic E-state index is 13.8. The van der Waals surface area contributed by atoms with Crippen LogP contribution in [0.2, 0.25) is 0 Å². The van der Waals surface area contributed by atoms with Gasteiger partial charge in [-0.2, -0.15) is 11.3 Å². The monoisotopic (exact) mass is 534 g/mol. The fourth-order valence-electron chi connectivity index (χ4n) is 6.26. The first-order valence-electron chi connectivity index (χ1n) is 13.1. The van der Waals surface area contributed by atoms with E-state index in [-0.39, 0.29) is 17.7 Å². The zero-order valence-electron chi connectivity index (χ0n) is 21.0. The van der Waals surface area contributed by atoms with Crippen LogP contribution in [-0.4, -0.2) is 48.4 Å². The van der Waals surface area contributed by atoms with E-state index >= 15 is 0 Å². The molecule has 3 aromatic carbocycles. The van der Waals surface area contributed by atoms with Crippen LogP contribution in [0.15, 0.2) is 71.4 Å². The Hall–Kier alpha value is -3.16. The van der Waals surface area contributed by atoms with E-state index in [9.17, 15) is 18.0 Å². The van der Waals surface area contributed by atoms with E-state index < -0.39 is 17.5 Å². The molecule has 2 aliphatic heterocycles. The predicted octanol–water partition coefficient (Wildman–Crippen LogP) is 7.05. The fraction of sp³-hybridized carbons (Fsp3) is 0.323. The number of thiophene rings is 1. The molecular formula is C31H29F3N2OS. The first-order valence-corrected chi connectivity index (χ1v) is 14.1. The maximum Gasteiger partial charge on any atom is 0.254 e. The van der Waals surface area contributed by atoms with Crippen LogP contribution in [0.3, 0.4) is 0 Å². The molecule has 2 atom stereocenters. The highest BCUT2D eigenvalue weighted by molar-refractivity contribution is 7.08. The zero-order chi connectivity index (χ0) is 26.2. The van der Waals surface area contributed by atoms with Crippen LogP contribution in [0.4, 0.5) is 13.2 Å². The number of likely N-dealkylation sites (tertiary alicyclic amines) is 2. The van der Waals surface area contributed by atoms with Crippen LogP contribution >= 0.6 is 11.3 Å². The summed E-state index contributed by atoms with van der Waals surface area (Å²) in [6.07, 6.45) is 1.53. The summed E-state index contributed by atoms with van der Waals surface area (Å²) >= 11 is 1.68. The molecule has 0 N–H and O–H groups in total. The minimum Gasteiger partial charge on any atom is -0.338 e. The lowest BCUT2D eigenvalue weighted by atomic mass is 9.87. The molecular weight excluding hydrogens is 505 g/mol. The molecule has 0 aliphatic carbocycles. The second-order valence-electron chi connectivity index (χ2n) is 10.5. The fourth-order valence-corrected chi connectivity index (χ4v) is 6.98. The van der Waals surface area contributed by atoms with Crippen molar-refractivity contribution in [2.75, 3.05) is 32.7 Å². The summed E-state index contributed by atoms with van der Waals surface area (Å²) in [7, 11) is 0. The molecule has 4 aromatic rings. The van der Waals surface area contributed by atoms with E-state index in [1.54, 1.807) is 11.3 Å². The predicted molar refractivity (Wildman–Crippen MR) is 145 cm³/mol. The molecule has 2 aliphatic rings. The number of halogens is 3. The van der Waals surface area contributed by atoms with Crippen LogP contribution < -0.4 is 0 Å². The Morgan fingerprint density at radius 2 is 1.63 bits per heavy atom. The SMILES string of the molecule is O=C(c1cccc2ccccc12)N1CC(CN2CCC(c3cc(F)c(F)c(F)c3)CC2)C(c2ccsc2)C1. The van der Waals surface area contributed by atoms with Gasteiger partial charge in [0.15, 0.2) is 17.5 Å². The smallest absolute Gasteiger partial charge is 0.254 e. The molecule has 2 fully saturated rings. The van der Waals surface area contributed by atoms with Crippen molar-refractivity contribution in [1.29, 1.82) is 0 Å². The minimum atomic E-state index is -1.41. The number of piperidine rings is 1. The van der Waals surface area contributed by atoms with Crippen molar-refractivity contribution in [2.45, 2.75) is 24.7 Å². The van der Waals surface area contributed by atoms with Crippen LogP contribution in [0.5, 0.6) is 0 Å². The highest BCUT2D eigenvalue weighted by atomic mass is 32.1. The summed E-state index contributed by atoms with van der Waals surface area (Å²) in [5.74, 6) is -3.01. The number of amides is 1. The lowest BCUT2D eigenvalue weighted by Crippen LogP contribution is -2.38. The van der Waals surface area contributed by atoms with Crippen molar-refractivity contribution in [3.05, 3.63) is 106 Å². The third kappa shape index (κ3) is 4.85. The summed E-state index contributed by atoms with van der Waals surface area (Å²) in [5, 5.41) is 6.32. The van der Waals surface area contributed by atoms with Crippen LogP contribution in [-0.2, 0) is 0 Å². The van der Waals surface area contributed by atoms with Crippen molar-refractivity contribution >= 4 is 28.0 Å². The number of fused-ring (bicyclic) bond motifs is 1. The number of benzene rings is 3. The quantitative estimate of drug-likeness (QED) is 0.256. The van der Waals surface area contributed by atoms with Gasteiger partial charge in [-0.1, -0.05) is 36.4 Å². The summed E-state index contributed by atoms with van der Waals surface area (Å²) in [5.41, 5.74) is 2.55. The van der Waals surface area contributed by atoms with Crippen molar-refractivity contribution in [3.8, 4) is 0 Å². The van der Waals surface area contributed by atoms with E-state index in [0.717, 1.165) is 60.9 Å². The first-order chi connectivity index (χ1) is 18.5. The molecule has 0 radical (unpaired) electrons. The topological polar surface area (TPSA) is 23.6 Å². The summed E-state index contributed by atoms with van der Waals surface area (Å²) in [6.45, 7) is 3.84. The molecule has 0 bridgehead atoms.